The lowest BCUT2D eigenvalue weighted by Crippen LogP contribution is -2.34. The van der Waals surface area contributed by atoms with E-state index in [0.717, 1.165) is 5.56 Å². The molecule has 1 aliphatic rings. The Balaban J connectivity index is 1.32. The standard InChI is InChI=1S/C22H17F2N3O3/c23-16-4-6-18(7-5-16)29-21-10-14(8-9-25-21)13-26-22(28)20-12-19(27-30-20)15-2-1-3-17(24)11-15/h1-11,20H,12-13H2,(H,26,28). The van der Waals surface area contributed by atoms with Crippen molar-refractivity contribution in [1.29, 1.82) is 0 Å². The van der Waals surface area contributed by atoms with Gasteiger partial charge in [-0.1, -0.05) is 17.3 Å². The Hall–Kier alpha value is -3.81. The molecule has 3 aromatic rings. The van der Waals surface area contributed by atoms with Gasteiger partial charge in [0, 0.05) is 30.8 Å². The molecule has 0 aliphatic carbocycles. The Kier molecular flexibility index (Phi) is 5.65. The normalized spacial score (nSPS) is 15.3. The van der Waals surface area contributed by atoms with E-state index in [9.17, 15) is 13.6 Å². The molecule has 8 heteroatoms. The molecule has 0 fully saturated rings. The van der Waals surface area contributed by atoms with Crippen LogP contribution < -0.4 is 10.1 Å². The number of pyridine rings is 1. The summed E-state index contributed by atoms with van der Waals surface area (Å²) in [6.45, 7) is 0.232. The summed E-state index contributed by atoms with van der Waals surface area (Å²) in [5.74, 6) is -0.290. The molecule has 1 N–H and O–H groups in total. The second-order valence-corrected chi connectivity index (χ2v) is 6.62. The molecular formula is C22H17F2N3O3. The average molecular weight is 409 g/mol. The van der Waals surface area contributed by atoms with Crippen LogP contribution in [0.2, 0.25) is 0 Å². The highest BCUT2D eigenvalue weighted by Crippen LogP contribution is 2.21. The molecule has 0 saturated carbocycles. The second kappa shape index (κ2) is 8.69. The molecule has 0 saturated heterocycles. The minimum absolute atomic E-state index is 0.232. The SMILES string of the molecule is O=C(NCc1ccnc(Oc2ccc(F)cc2)c1)C1CC(c2cccc(F)c2)=NO1. The summed E-state index contributed by atoms with van der Waals surface area (Å²) >= 11 is 0. The van der Waals surface area contributed by atoms with Gasteiger partial charge >= 0.3 is 0 Å². The third-order valence-electron chi connectivity index (χ3n) is 4.42. The number of hydrogen-bond acceptors (Lipinski definition) is 5. The average Bonchev–Trinajstić information content (AvgIpc) is 3.25. The molecule has 2 heterocycles. The smallest absolute Gasteiger partial charge is 0.264 e. The third-order valence-corrected chi connectivity index (χ3v) is 4.42. The predicted molar refractivity (Wildman–Crippen MR) is 105 cm³/mol. The summed E-state index contributed by atoms with van der Waals surface area (Å²) in [6.07, 6.45) is 1.03. The topological polar surface area (TPSA) is 72.8 Å². The molecule has 0 bridgehead atoms. The first kappa shape index (κ1) is 19.5. The van der Waals surface area contributed by atoms with E-state index in [-0.39, 0.29) is 30.5 Å². The lowest BCUT2D eigenvalue weighted by atomic mass is 10.0. The molecule has 152 valence electrons. The molecule has 6 nitrogen and oxygen atoms in total. The highest BCUT2D eigenvalue weighted by molar-refractivity contribution is 6.04. The van der Waals surface area contributed by atoms with Crippen molar-refractivity contribution in [3.63, 3.8) is 0 Å². The maximum absolute atomic E-state index is 13.4. The number of amides is 1. The van der Waals surface area contributed by atoms with Crippen LogP contribution in [-0.2, 0) is 16.2 Å². The van der Waals surface area contributed by atoms with Gasteiger partial charge in [0.15, 0.2) is 0 Å². The number of oxime groups is 1. The maximum Gasteiger partial charge on any atom is 0.264 e. The maximum atomic E-state index is 13.4. The molecule has 1 amide bonds. The fourth-order valence-electron chi connectivity index (χ4n) is 2.90. The zero-order valence-electron chi connectivity index (χ0n) is 15.7. The number of carbonyl (C=O) groups is 1. The van der Waals surface area contributed by atoms with E-state index in [1.807, 2.05) is 0 Å². The van der Waals surface area contributed by atoms with E-state index in [0.29, 0.717) is 22.9 Å². The summed E-state index contributed by atoms with van der Waals surface area (Å²) in [7, 11) is 0. The van der Waals surface area contributed by atoms with Gasteiger partial charge in [0.1, 0.15) is 17.4 Å². The second-order valence-electron chi connectivity index (χ2n) is 6.62. The summed E-state index contributed by atoms with van der Waals surface area (Å²) in [5.41, 5.74) is 1.87. The van der Waals surface area contributed by atoms with E-state index in [4.69, 9.17) is 9.57 Å². The molecule has 30 heavy (non-hydrogen) atoms. The molecule has 2 aromatic carbocycles. The van der Waals surface area contributed by atoms with Crippen LogP contribution in [0, 0.1) is 11.6 Å². The Morgan fingerprint density at radius 3 is 2.73 bits per heavy atom. The molecule has 0 radical (unpaired) electrons. The Bertz CT molecular complexity index is 1090. The van der Waals surface area contributed by atoms with E-state index >= 15 is 0 Å². The monoisotopic (exact) mass is 409 g/mol. The van der Waals surface area contributed by atoms with Crippen LogP contribution in [0.5, 0.6) is 11.6 Å². The first-order valence-corrected chi connectivity index (χ1v) is 9.21. The van der Waals surface area contributed by atoms with Crippen molar-refractivity contribution < 1.29 is 23.1 Å². The van der Waals surface area contributed by atoms with Crippen LogP contribution in [0.3, 0.4) is 0 Å². The van der Waals surface area contributed by atoms with Crippen molar-refractivity contribution >= 4 is 11.6 Å². The van der Waals surface area contributed by atoms with Crippen molar-refractivity contribution in [2.45, 2.75) is 19.1 Å². The van der Waals surface area contributed by atoms with Gasteiger partial charge in [-0.3, -0.25) is 4.79 Å². The van der Waals surface area contributed by atoms with Gasteiger partial charge in [0.2, 0.25) is 12.0 Å². The lowest BCUT2D eigenvalue weighted by Gasteiger charge is -2.10. The van der Waals surface area contributed by atoms with Crippen LogP contribution in [0.1, 0.15) is 17.5 Å². The highest BCUT2D eigenvalue weighted by Gasteiger charge is 2.28. The van der Waals surface area contributed by atoms with E-state index < -0.39 is 6.10 Å². The van der Waals surface area contributed by atoms with Gasteiger partial charge in [-0.2, -0.15) is 0 Å². The molecule has 1 unspecified atom stereocenters. The van der Waals surface area contributed by atoms with Gasteiger partial charge < -0.3 is 14.9 Å². The summed E-state index contributed by atoms with van der Waals surface area (Å²) < 4.78 is 31.9. The fraction of sp³-hybridized carbons (Fsp3) is 0.136. The van der Waals surface area contributed by atoms with Crippen molar-refractivity contribution in [3.05, 3.63) is 89.6 Å². The number of benzene rings is 2. The highest BCUT2D eigenvalue weighted by atomic mass is 19.1. The Labute approximate surface area is 171 Å². The molecule has 1 aromatic heterocycles. The summed E-state index contributed by atoms with van der Waals surface area (Å²) in [6, 6.07) is 15.0. The number of ether oxygens (including phenoxy) is 1. The zero-order valence-corrected chi connectivity index (χ0v) is 15.7. The third kappa shape index (κ3) is 4.78. The van der Waals surface area contributed by atoms with Crippen molar-refractivity contribution in [3.8, 4) is 11.6 Å². The van der Waals surface area contributed by atoms with Crippen molar-refractivity contribution in [1.82, 2.24) is 10.3 Å². The van der Waals surface area contributed by atoms with Crippen LogP contribution >= 0.6 is 0 Å². The molecular weight excluding hydrogens is 392 g/mol. The number of rotatable bonds is 6. The molecule has 1 aliphatic heterocycles. The van der Waals surface area contributed by atoms with Gasteiger partial charge in [-0.05, 0) is 48.0 Å². The number of halogens is 2. The largest absolute Gasteiger partial charge is 0.439 e. The summed E-state index contributed by atoms with van der Waals surface area (Å²) in [5, 5.41) is 6.68. The first-order chi connectivity index (χ1) is 14.6. The van der Waals surface area contributed by atoms with Crippen LogP contribution in [-0.4, -0.2) is 22.7 Å². The zero-order chi connectivity index (χ0) is 20.9. The molecule has 4 rings (SSSR count). The minimum Gasteiger partial charge on any atom is -0.439 e. The van der Waals surface area contributed by atoms with Gasteiger partial charge in [0.05, 0.1) is 5.71 Å². The number of nitrogens with zero attached hydrogens (tertiary/aromatic N) is 2. The Morgan fingerprint density at radius 2 is 1.93 bits per heavy atom. The van der Waals surface area contributed by atoms with Gasteiger partial charge in [0.25, 0.3) is 5.91 Å². The predicted octanol–water partition coefficient (Wildman–Crippen LogP) is 3.96. The first-order valence-electron chi connectivity index (χ1n) is 9.21. The lowest BCUT2D eigenvalue weighted by molar-refractivity contribution is -0.131. The van der Waals surface area contributed by atoms with E-state index in [2.05, 4.69) is 15.5 Å². The van der Waals surface area contributed by atoms with Crippen LogP contribution in [0.15, 0.2) is 72.0 Å². The fourth-order valence-corrected chi connectivity index (χ4v) is 2.90. The minimum atomic E-state index is -0.778. The quantitative estimate of drug-likeness (QED) is 0.669. The van der Waals surface area contributed by atoms with E-state index in [1.165, 1.54) is 36.4 Å². The number of carbonyl (C=O) groups excluding carboxylic acids is 1. The van der Waals surface area contributed by atoms with Crippen molar-refractivity contribution in [2.75, 3.05) is 0 Å². The van der Waals surface area contributed by atoms with Gasteiger partial charge in [-0.15, -0.1) is 0 Å². The van der Waals surface area contributed by atoms with Gasteiger partial charge in [-0.25, -0.2) is 13.8 Å². The molecule has 1 atom stereocenters. The van der Waals surface area contributed by atoms with Crippen LogP contribution in [0.4, 0.5) is 8.78 Å². The van der Waals surface area contributed by atoms with E-state index in [1.54, 1.807) is 30.5 Å². The number of nitrogens with one attached hydrogen (secondary N) is 1. The number of hydrogen-bond donors (Lipinski definition) is 1. The van der Waals surface area contributed by atoms with Crippen LogP contribution in [0.25, 0.3) is 0 Å². The van der Waals surface area contributed by atoms with Crippen molar-refractivity contribution in [2.24, 2.45) is 5.16 Å². The Morgan fingerprint density at radius 1 is 1.10 bits per heavy atom. The molecule has 0 spiro atoms. The summed E-state index contributed by atoms with van der Waals surface area (Å²) in [4.78, 5) is 21.7. The number of aromatic nitrogens is 1.